The molecule has 0 saturated carbocycles. The lowest BCUT2D eigenvalue weighted by molar-refractivity contribution is 0.124. The third-order valence-electron chi connectivity index (χ3n) is 3.47. The third kappa shape index (κ3) is 4.03. The monoisotopic (exact) mass is 310 g/mol. The molecule has 0 aromatic heterocycles. The molecule has 0 bridgehead atoms. The predicted octanol–water partition coefficient (Wildman–Crippen LogP) is 2.97. The van der Waals surface area contributed by atoms with Crippen LogP contribution in [0.1, 0.15) is 11.1 Å². The number of amides is 1. The molecule has 0 fully saturated rings. The average molecular weight is 310 g/mol. The van der Waals surface area contributed by atoms with Crippen molar-refractivity contribution < 1.29 is 14.3 Å². The van der Waals surface area contributed by atoms with Crippen LogP contribution in [-0.4, -0.2) is 18.9 Å². The van der Waals surface area contributed by atoms with Crippen molar-refractivity contribution in [3.8, 4) is 5.75 Å². The number of nitrogens with two attached hydrogens (primary N) is 1. The fourth-order valence-electron chi connectivity index (χ4n) is 2.31. The molecule has 0 aliphatic carbocycles. The first-order chi connectivity index (χ1) is 11.2. The number of hydrogen-bond donors (Lipinski definition) is 2. The number of nitrogens with one attached hydrogen (secondary N) is 1. The van der Waals surface area contributed by atoms with Gasteiger partial charge in [-0.1, -0.05) is 30.3 Å². The van der Waals surface area contributed by atoms with E-state index in [1.54, 1.807) is 18.2 Å². The number of ether oxygens (including phenoxy) is 2. The van der Waals surface area contributed by atoms with E-state index < -0.39 is 12.3 Å². The van der Waals surface area contributed by atoms with Crippen LogP contribution in [0.5, 0.6) is 5.75 Å². The number of alkyl carbamates (subject to hydrolysis) is 1. The second-order valence-electron chi connectivity index (χ2n) is 5.21. The minimum absolute atomic E-state index is 0.319. The van der Waals surface area contributed by atoms with Crippen molar-refractivity contribution in [2.75, 3.05) is 12.3 Å². The van der Waals surface area contributed by atoms with Gasteiger partial charge in [0.1, 0.15) is 5.75 Å². The minimum atomic E-state index is -0.546. The second kappa shape index (κ2) is 6.87. The van der Waals surface area contributed by atoms with Gasteiger partial charge in [0.05, 0.1) is 6.61 Å². The SMILES string of the molecule is Nc1ccc2c(c1)C=CC(NC(=O)OCCc1ccccc1)O2. The van der Waals surface area contributed by atoms with Gasteiger partial charge in [0.25, 0.3) is 0 Å². The first-order valence-electron chi connectivity index (χ1n) is 7.42. The van der Waals surface area contributed by atoms with Gasteiger partial charge in [-0.25, -0.2) is 4.79 Å². The molecule has 118 valence electrons. The average Bonchev–Trinajstić information content (AvgIpc) is 2.56. The molecule has 3 N–H and O–H groups in total. The zero-order valence-electron chi connectivity index (χ0n) is 12.6. The summed E-state index contributed by atoms with van der Waals surface area (Å²) < 4.78 is 10.8. The smallest absolute Gasteiger partial charge is 0.410 e. The van der Waals surface area contributed by atoms with Gasteiger partial charge in [0.2, 0.25) is 0 Å². The highest BCUT2D eigenvalue weighted by atomic mass is 16.6. The lowest BCUT2D eigenvalue weighted by atomic mass is 10.1. The molecular formula is C18H18N2O3. The van der Waals surface area contributed by atoms with Crippen LogP contribution in [0.2, 0.25) is 0 Å². The Labute approximate surface area is 134 Å². The molecule has 1 aliphatic heterocycles. The Morgan fingerprint density at radius 1 is 1.22 bits per heavy atom. The molecule has 5 nitrogen and oxygen atoms in total. The zero-order chi connectivity index (χ0) is 16.1. The van der Waals surface area contributed by atoms with Crippen molar-refractivity contribution in [2.24, 2.45) is 0 Å². The zero-order valence-corrected chi connectivity index (χ0v) is 12.6. The molecule has 3 rings (SSSR count). The van der Waals surface area contributed by atoms with Gasteiger partial charge in [0.15, 0.2) is 6.23 Å². The van der Waals surface area contributed by atoms with Gasteiger partial charge < -0.3 is 15.2 Å². The van der Waals surface area contributed by atoms with E-state index in [0.717, 1.165) is 11.1 Å². The second-order valence-corrected chi connectivity index (χ2v) is 5.21. The van der Waals surface area contributed by atoms with E-state index in [4.69, 9.17) is 15.2 Å². The van der Waals surface area contributed by atoms with Gasteiger partial charge >= 0.3 is 6.09 Å². The van der Waals surface area contributed by atoms with Crippen molar-refractivity contribution in [1.82, 2.24) is 5.32 Å². The number of carbonyl (C=O) groups excluding carboxylic acids is 1. The van der Waals surface area contributed by atoms with Crippen LogP contribution < -0.4 is 15.8 Å². The topological polar surface area (TPSA) is 73.6 Å². The van der Waals surface area contributed by atoms with Crippen LogP contribution in [0, 0.1) is 0 Å². The van der Waals surface area contributed by atoms with Crippen molar-refractivity contribution >= 4 is 17.9 Å². The Morgan fingerprint density at radius 3 is 2.87 bits per heavy atom. The lowest BCUT2D eigenvalue weighted by Gasteiger charge is -2.22. The number of hydrogen-bond acceptors (Lipinski definition) is 4. The summed E-state index contributed by atoms with van der Waals surface area (Å²) in [6.07, 6.45) is 3.24. The third-order valence-corrected chi connectivity index (χ3v) is 3.47. The van der Waals surface area contributed by atoms with E-state index in [-0.39, 0.29) is 0 Å². The van der Waals surface area contributed by atoms with E-state index in [1.807, 2.05) is 42.5 Å². The quantitative estimate of drug-likeness (QED) is 0.852. The Morgan fingerprint density at radius 2 is 2.04 bits per heavy atom. The highest BCUT2D eigenvalue weighted by molar-refractivity contribution is 5.70. The predicted molar refractivity (Wildman–Crippen MR) is 88.9 cm³/mol. The first-order valence-corrected chi connectivity index (χ1v) is 7.42. The molecule has 1 heterocycles. The molecule has 1 atom stereocenters. The summed E-state index contributed by atoms with van der Waals surface area (Å²) in [5.41, 5.74) is 8.41. The van der Waals surface area contributed by atoms with Gasteiger partial charge in [-0.2, -0.15) is 0 Å². The van der Waals surface area contributed by atoms with E-state index >= 15 is 0 Å². The highest BCUT2D eigenvalue weighted by Gasteiger charge is 2.17. The molecule has 0 spiro atoms. The van der Waals surface area contributed by atoms with Crippen molar-refractivity contribution in [1.29, 1.82) is 0 Å². The molecule has 0 saturated heterocycles. The molecule has 1 aliphatic rings. The minimum Gasteiger partial charge on any atom is -0.466 e. The molecule has 2 aromatic rings. The number of benzene rings is 2. The Balaban J connectivity index is 1.47. The first kappa shape index (κ1) is 15.0. The van der Waals surface area contributed by atoms with Crippen molar-refractivity contribution in [2.45, 2.75) is 12.6 Å². The van der Waals surface area contributed by atoms with Crippen molar-refractivity contribution in [3.05, 3.63) is 65.7 Å². The summed E-state index contributed by atoms with van der Waals surface area (Å²) in [5, 5.41) is 2.66. The number of fused-ring (bicyclic) bond motifs is 1. The maximum absolute atomic E-state index is 11.8. The molecule has 1 amide bonds. The molecule has 2 aromatic carbocycles. The van der Waals surface area contributed by atoms with Gasteiger partial charge in [-0.05, 0) is 35.9 Å². The van der Waals surface area contributed by atoms with Crippen LogP contribution >= 0.6 is 0 Å². The van der Waals surface area contributed by atoms with Crippen LogP contribution in [-0.2, 0) is 11.2 Å². The fourth-order valence-corrected chi connectivity index (χ4v) is 2.31. The summed E-state index contributed by atoms with van der Waals surface area (Å²) in [7, 11) is 0. The maximum atomic E-state index is 11.8. The van der Waals surface area contributed by atoms with E-state index in [0.29, 0.717) is 24.5 Å². The summed E-state index contributed by atoms with van der Waals surface area (Å²) in [5.74, 6) is 0.677. The van der Waals surface area contributed by atoms with E-state index in [1.165, 1.54) is 0 Å². The molecule has 5 heteroatoms. The molecular weight excluding hydrogens is 292 g/mol. The van der Waals surface area contributed by atoms with Crippen molar-refractivity contribution in [3.63, 3.8) is 0 Å². The highest BCUT2D eigenvalue weighted by Crippen LogP contribution is 2.27. The number of carbonyl (C=O) groups is 1. The van der Waals surface area contributed by atoms with E-state index in [2.05, 4.69) is 5.32 Å². The maximum Gasteiger partial charge on any atom is 0.410 e. The summed E-state index contributed by atoms with van der Waals surface area (Å²) >= 11 is 0. The van der Waals surface area contributed by atoms with Crippen LogP contribution in [0.3, 0.4) is 0 Å². The normalized spacial score (nSPS) is 15.4. The number of nitrogen functional groups attached to an aromatic ring is 1. The molecule has 23 heavy (non-hydrogen) atoms. The number of rotatable bonds is 4. The van der Waals surface area contributed by atoms with E-state index in [9.17, 15) is 4.79 Å². The fraction of sp³-hybridized carbons (Fsp3) is 0.167. The van der Waals surface area contributed by atoms with Gasteiger partial charge in [-0.15, -0.1) is 0 Å². The van der Waals surface area contributed by atoms with Crippen LogP contribution in [0.15, 0.2) is 54.6 Å². The molecule has 0 radical (unpaired) electrons. The van der Waals surface area contributed by atoms with Gasteiger partial charge in [0, 0.05) is 17.7 Å². The molecule has 1 unspecified atom stereocenters. The Kier molecular flexibility index (Phi) is 4.47. The van der Waals surface area contributed by atoms with Crippen LogP contribution in [0.4, 0.5) is 10.5 Å². The Bertz CT molecular complexity index is 713. The number of anilines is 1. The van der Waals surface area contributed by atoms with Crippen LogP contribution in [0.25, 0.3) is 6.08 Å². The summed E-state index contributed by atoms with van der Waals surface area (Å²) in [4.78, 5) is 11.8. The van der Waals surface area contributed by atoms with Gasteiger partial charge in [-0.3, -0.25) is 5.32 Å². The summed E-state index contributed by atoms with van der Waals surface area (Å²) in [6, 6.07) is 15.2. The standard InChI is InChI=1S/C18H18N2O3/c19-15-7-8-16-14(12-15)6-9-17(23-16)20-18(21)22-11-10-13-4-2-1-3-5-13/h1-9,12,17H,10-11,19H2,(H,20,21). The summed E-state index contributed by atoms with van der Waals surface area (Å²) in [6.45, 7) is 0.319. The largest absolute Gasteiger partial charge is 0.466 e. The lowest BCUT2D eigenvalue weighted by Crippen LogP contribution is -2.39. The Hall–Kier alpha value is -2.95.